The molecule has 3 heterocycles. The summed E-state index contributed by atoms with van der Waals surface area (Å²) in [5.74, 6) is 1.73. The maximum Gasteiger partial charge on any atom is 0.164 e. The van der Waals surface area contributed by atoms with E-state index in [1.165, 1.54) is 0 Å². The van der Waals surface area contributed by atoms with Gasteiger partial charge in [0.25, 0.3) is 0 Å². The van der Waals surface area contributed by atoms with Crippen molar-refractivity contribution in [3.63, 3.8) is 0 Å². The van der Waals surface area contributed by atoms with Crippen LogP contribution in [0.5, 0.6) is 0 Å². The molecular weight excluding hydrogens is 615 g/mol. The van der Waals surface area contributed by atoms with Gasteiger partial charge in [-0.3, -0.25) is 0 Å². The highest BCUT2D eigenvalue weighted by Gasteiger charge is 2.22. The molecule has 234 valence electrons. The number of aromatic nitrogens is 3. The Kier molecular flexibility index (Phi) is 6.42. The summed E-state index contributed by atoms with van der Waals surface area (Å²) in [6.07, 6.45) is 0. The molecule has 7 aromatic carbocycles. The number of nitrogens with zero attached hydrogens (tertiary/aromatic N) is 3. The summed E-state index contributed by atoms with van der Waals surface area (Å²) in [6, 6.07) is 55.5. The van der Waals surface area contributed by atoms with E-state index >= 15 is 0 Å². The predicted octanol–water partition coefficient (Wildman–Crippen LogP) is 12.0. The highest BCUT2D eigenvalue weighted by atomic mass is 16.3. The molecule has 0 unspecified atom stereocenters. The molecule has 0 bridgehead atoms. The molecule has 0 fully saturated rings. The molecule has 3 aromatic heterocycles. The first kappa shape index (κ1) is 28.2. The average Bonchev–Trinajstić information content (AvgIpc) is 3.78. The molecule has 0 aliphatic rings. The van der Waals surface area contributed by atoms with Crippen LogP contribution in [0.15, 0.2) is 173 Å². The predicted molar refractivity (Wildman–Crippen MR) is 202 cm³/mol. The minimum Gasteiger partial charge on any atom is -0.455 e. The normalized spacial score (nSPS) is 11.6. The zero-order valence-corrected chi connectivity index (χ0v) is 26.7. The van der Waals surface area contributed by atoms with Crippen molar-refractivity contribution in [1.82, 2.24) is 15.0 Å². The summed E-state index contributed by atoms with van der Waals surface area (Å²) in [7, 11) is 0. The second kappa shape index (κ2) is 11.4. The van der Waals surface area contributed by atoms with E-state index in [2.05, 4.69) is 66.7 Å². The van der Waals surface area contributed by atoms with Gasteiger partial charge in [0, 0.05) is 49.4 Å². The van der Waals surface area contributed by atoms with Gasteiger partial charge in [-0.2, -0.15) is 0 Å². The molecule has 0 spiro atoms. The van der Waals surface area contributed by atoms with Crippen LogP contribution in [0.2, 0.25) is 0 Å². The molecule has 0 N–H and O–H groups in total. The standard InChI is InChI=1S/C45H27N3O2/c1-4-14-28(15-5-1)31-21-12-22-34-39-35(23-13-25-38(39)50-41(31)34)44-46-43(30-18-8-3-9-19-30)47-45(48-44)36-27-26-32(29-16-6-2-7-17-29)42-40(36)33-20-10-11-24-37(33)49-42/h1-27H. The second-order valence-corrected chi connectivity index (χ2v) is 12.3. The lowest BCUT2D eigenvalue weighted by molar-refractivity contribution is 0.669. The molecule has 5 nitrogen and oxygen atoms in total. The molecular formula is C45H27N3O2. The van der Waals surface area contributed by atoms with Crippen molar-refractivity contribution in [2.45, 2.75) is 0 Å². The fourth-order valence-electron chi connectivity index (χ4n) is 7.07. The van der Waals surface area contributed by atoms with Gasteiger partial charge < -0.3 is 8.83 Å². The van der Waals surface area contributed by atoms with E-state index in [9.17, 15) is 0 Å². The third-order valence-electron chi connectivity index (χ3n) is 9.37. The Bertz CT molecular complexity index is 2860. The van der Waals surface area contributed by atoms with E-state index in [4.69, 9.17) is 23.8 Å². The second-order valence-electron chi connectivity index (χ2n) is 12.3. The van der Waals surface area contributed by atoms with Crippen LogP contribution in [0.4, 0.5) is 0 Å². The maximum absolute atomic E-state index is 6.60. The van der Waals surface area contributed by atoms with Crippen molar-refractivity contribution in [1.29, 1.82) is 0 Å². The number of benzene rings is 7. The van der Waals surface area contributed by atoms with Gasteiger partial charge in [0.05, 0.1) is 0 Å². The minimum absolute atomic E-state index is 0.569. The Balaban J connectivity index is 1.25. The highest BCUT2D eigenvalue weighted by Crippen LogP contribution is 2.43. The molecule has 0 amide bonds. The number of hydrogen-bond acceptors (Lipinski definition) is 5. The molecule has 0 atom stereocenters. The number of para-hydroxylation sites is 2. The molecule has 5 heteroatoms. The molecule has 0 saturated carbocycles. The molecule has 10 aromatic rings. The van der Waals surface area contributed by atoms with Crippen LogP contribution in [0.25, 0.3) is 100 Å². The van der Waals surface area contributed by atoms with Crippen molar-refractivity contribution in [3.8, 4) is 56.4 Å². The van der Waals surface area contributed by atoms with E-state index in [-0.39, 0.29) is 0 Å². The van der Waals surface area contributed by atoms with Crippen molar-refractivity contribution < 1.29 is 8.83 Å². The monoisotopic (exact) mass is 641 g/mol. The van der Waals surface area contributed by atoms with Crippen molar-refractivity contribution in [2.75, 3.05) is 0 Å². The first-order chi connectivity index (χ1) is 24.8. The van der Waals surface area contributed by atoms with Crippen LogP contribution in [0.3, 0.4) is 0 Å². The minimum atomic E-state index is 0.569. The zero-order chi connectivity index (χ0) is 33.0. The quantitative estimate of drug-likeness (QED) is 0.187. The Morgan fingerprint density at radius 1 is 0.300 bits per heavy atom. The average molecular weight is 642 g/mol. The number of fused-ring (bicyclic) bond motifs is 6. The van der Waals surface area contributed by atoms with Gasteiger partial charge in [0.15, 0.2) is 17.5 Å². The third kappa shape index (κ3) is 4.52. The molecule has 0 aliphatic carbocycles. The third-order valence-corrected chi connectivity index (χ3v) is 9.37. The molecule has 50 heavy (non-hydrogen) atoms. The van der Waals surface area contributed by atoms with Gasteiger partial charge in [-0.15, -0.1) is 0 Å². The lowest BCUT2D eigenvalue weighted by Gasteiger charge is -2.11. The smallest absolute Gasteiger partial charge is 0.164 e. The lowest BCUT2D eigenvalue weighted by Crippen LogP contribution is -2.01. The lowest BCUT2D eigenvalue weighted by atomic mass is 9.98. The molecule has 0 saturated heterocycles. The summed E-state index contributed by atoms with van der Waals surface area (Å²) >= 11 is 0. The van der Waals surface area contributed by atoms with Gasteiger partial charge in [-0.05, 0) is 35.4 Å². The number of rotatable bonds is 5. The Morgan fingerprint density at radius 3 is 1.50 bits per heavy atom. The van der Waals surface area contributed by atoms with Crippen molar-refractivity contribution in [2.24, 2.45) is 0 Å². The summed E-state index contributed by atoms with van der Waals surface area (Å²) in [5, 5.41) is 3.96. The number of furan rings is 2. The van der Waals surface area contributed by atoms with E-state index in [0.29, 0.717) is 17.5 Å². The fraction of sp³-hybridized carbons (Fsp3) is 0. The van der Waals surface area contributed by atoms with Crippen LogP contribution in [0.1, 0.15) is 0 Å². The van der Waals surface area contributed by atoms with Crippen LogP contribution in [-0.4, -0.2) is 15.0 Å². The molecule has 0 radical (unpaired) electrons. The first-order valence-corrected chi connectivity index (χ1v) is 16.6. The topological polar surface area (TPSA) is 65.0 Å². The summed E-state index contributed by atoms with van der Waals surface area (Å²) in [4.78, 5) is 15.5. The van der Waals surface area contributed by atoms with Crippen molar-refractivity contribution in [3.05, 3.63) is 164 Å². The van der Waals surface area contributed by atoms with Crippen LogP contribution >= 0.6 is 0 Å². The van der Waals surface area contributed by atoms with E-state index < -0.39 is 0 Å². The van der Waals surface area contributed by atoms with Crippen LogP contribution in [-0.2, 0) is 0 Å². The molecule has 10 rings (SSSR count). The molecule has 0 aliphatic heterocycles. The Hall–Kier alpha value is -6.85. The van der Waals surface area contributed by atoms with Gasteiger partial charge in [-0.1, -0.05) is 140 Å². The van der Waals surface area contributed by atoms with Gasteiger partial charge in [0.1, 0.15) is 22.3 Å². The van der Waals surface area contributed by atoms with Gasteiger partial charge in [0.2, 0.25) is 0 Å². The van der Waals surface area contributed by atoms with E-state index in [1.807, 2.05) is 97.1 Å². The van der Waals surface area contributed by atoms with Crippen LogP contribution in [0, 0.1) is 0 Å². The zero-order valence-electron chi connectivity index (χ0n) is 26.7. The van der Waals surface area contributed by atoms with Crippen LogP contribution < -0.4 is 0 Å². The maximum atomic E-state index is 6.60. The van der Waals surface area contributed by atoms with E-state index in [1.54, 1.807) is 0 Å². The van der Waals surface area contributed by atoms with Crippen molar-refractivity contribution >= 4 is 43.9 Å². The van der Waals surface area contributed by atoms with Gasteiger partial charge >= 0.3 is 0 Å². The summed E-state index contributed by atoms with van der Waals surface area (Å²) in [5.41, 5.74) is 10.1. The number of hydrogen-bond donors (Lipinski definition) is 0. The SMILES string of the molecule is c1ccc(-c2nc(-c3cccc4oc5c(-c6ccccc6)cccc5c34)nc(-c3ccc(-c4ccccc4)c4oc5ccccc5c34)n2)cc1. The largest absolute Gasteiger partial charge is 0.455 e. The summed E-state index contributed by atoms with van der Waals surface area (Å²) in [6.45, 7) is 0. The van der Waals surface area contributed by atoms with Gasteiger partial charge in [-0.25, -0.2) is 15.0 Å². The first-order valence-electron chi connectivity index (χ1n) is 16.6. The van der Waals surface area contributed by atoms with E-state index in [0.717, 1.165) is 82.8 Å². The fourth-order valence-corrected chi connectivity index (χ4v) is 7.07. The Morgan fingerprint density at radius 2 is 0.780 bits per heavy atom. The highest BCUT2D eigenvalue weighted by molar-refractivity contribution is 6.17. The summed E-state index contributed by atoms with van der Waals surface area (Å²) < 4.78 is 13.2. The Labute approximate surface area is 287 Å².